The monoisotopic (exact) mass is 438 g/mol. The van der Waals surface area contributed by atoms with E-state index in [2.05, 4.69) is 0 Å². The number of carbonyl (C=O) groups is 1. The molecule has 1 saturated heterocycles. The molecule has 0 aliphatic carbocycles. The number of carbonyl (C=O) groups excluding carboxylic acids is 1. The van der Waals surface area contributed by atoms with Gasteiger partial charge in [0, 0.05) is 25.2 Å². The Morgan fingerprint density at radius 3 is 2.55 bits per heavy atom. The fraction of sp³-hybridized carbons (Fsp3) is 0.348. The van der Waals surface area contributed by atoms with Crippen LogP contribution in [0.5, 0.6) is 5.75 Å². The molecular formula is C23H26N4O3S. The van der Waals surface area contributed by atoms with Crippen LogP contribution in [0, 0.1) is 11.7 Å². The van der Waals surface area contributed by atoms with E-state index in [1.54, 1.807) is 11.8 Å². The average Bonchev–Trinajstić information content (AvgIpc) is 3.14. The second kappa shape index (κ2) is 9.45. The molecule has 2 heterocycles. The van der Waals surface area contributed by atoms with Gasteiger partial charge in [0.05, 0.1) is 32.4 Å². The van der Waals surface area contributed by atoms with Crippen molar-refractivity contribution in [3.8, 4) is 22.8 Å². The van der Waals surface area contributed by atoms with E-state index in [4.69, 9.17) is 26.8 Å². The van der Waals surface area contributed by atoms with Crippen LogP contribution in [0.3, 0.4) is 0 Å². The molecule has 7 nitrogen and oxygen atoms in total. The number of aryl methyl sites for hydroxylation is 2. The maximum atomic E-state index is 12.6. The molecule has 3 aromatic rings. The lowest BCUT2D eigenvalue weighted by Gasteiger charge is -2.26. The number of nitrogens with zero attached hydrogens (tertiary/aromatic N) is 4. The van der Waals surface area contributed by atoms with E-state index in [0.29, 0.717) is 55.6 Å². The van der Waals surface area contributed by atoms with Crippen LogP contribution in [0.2, 0.25) is 0 Å². The number of hydrogen-bond acceptors (Lipinski definition) is 5. The van der Waals surface area contributed by atoms with Crippen LogP contribution >= 0.6 is 12.2 Å². The third-order valence-electron chi connectivity index (χ3n) is 5.38. The number of methoxy groups -OCH3 is 1. The van der Waals surface area contributed by atoms with Crippen LogP contribution in [-0.4, -0.2) is 58.6 Å². The van der Waals surface area contributed by atoms with Gasteiger partial charge >= 0.3 is 0 Å². The zero-order valence-corrected chi connectivity index (χ0v) is 18.6. The van der Waals surface area contributed by atoms with E-state index in [0.717, 1.165) is 16.8 Å². The van der Waals surface area contributed by atoms with Crippen LogP contribution in [0.15, 0.2) is 48.5 Å². The molecule has 1 fully saturated rings. The van der Waals surface area contributed by atoms with E-state index in [9.17, 15) is 4.79 Å². The van der Waals surface area contributed by atoms with Crippen LogP contribution < -0.4 is 4.74 Å². The van der Waals surface area contributed by atoms with Crippen molar-refractivity contribution in [3.63, 3.8) is 0 Å². The predicted octanol–water partition coefficient (Wildman–Crippen LogP) is 3.64. The summed E-state index contributed by atoms with van der Waals surface area (Å²) in [5, 5.41) is 4.80. The summed E-state index contributed by atoms with van der Waals surface area (Å²) in [6.45, 7) is 4.90. The Morgan fingerprint density at radius 1 is 1.13 bits per heavy atom. The van der Waals surface area contributed by atoms with Gasteiger partial charge in [-0.2, -0.15) is 5.10 Å². The topological polar surface area (TPSA) is 61.5 Å². The van der Waals surface area contributed by atoms with Crippen molar-refractivity contribution in [2.24, 2.45) is 0 Å². The fourth-order valence-electron chi connectivity index (χ4n) is 3.66. The minimum atomic E-state index is 0.0916. The van der Waals surface area contributed by atoms with Gasteiger partial charge in [-0.3, -0.25) is 9.36 Å². The molecule has 1 aliphatic rings. The standard InChI is InChI=1S/C23H26N4O3S/c1-17-7-9-18(10-8-17)27-22(19-5-3-4-6-20(19)29-2)24-26(23(27)31)12-11-21(28)25-13-15-30-16-14-25/h3-10H,11-16H2,1-2H3. The fourth-order valence-corrected chi connectivity index (χ4v) is 3.98. The molecule has 4 rings (SSSR count). The molecule has 0 bridgehead atoms. The minimum absolute atomic E-state index is 0.0916. The van der Waals surface area contributed by atoms with Crippen molar-refractivity contribution in [1.29, 1.82) is 0 Å². The lowest BCUT2D eigenvalue weighted by Crippen LogP contribution is -2.41. The van der Waals surface area contributed by atoms with Crippen molar-refractivity contribution < 1.29 is 14.3 Å². The van der Waals surface area contributed by atoms with Gasteiger partial charge in [0.1, 0.15) is 5.75 Å². The maximum absolute atomic E-state index is 12.6. The Balaban J connectivity index is 1.71. The normalized spacial score (nSPS) is 13.9. The molecule has 0 radical (unpaired) electrons. The summed E-state index contributed by atoms with van der Waals surface area (Å²) in [5.41, 5.74) is 2.93. The predicted molar refractivity (Wildman–Crippen MR) is 121 cm³/mol. The van der Waals surface area contributed by atoms with E-state index < -0.39 is 0 Å². The first-order valence-electron chi connectivity index (χ1n) is 10.3. The van der Waals surface area contributed by atoms with Crippen LogP contribution in [0.4, 0.5) is 0 Å². The second-order valence-electron chi connectivity index (χ2n) is 7.44. The zero-order valence-electron chi connectivity index (χ0n) is 17.8. The van der Waals surface area contributed by atoms with Gasteiger partial charge in [-0.05, 0) is 43.4 Å². The summed E-state index contributed by atoms with van der Waals surface area (Å²) >= 11 is 5.79. The molecule has 0 spiro atoms. The summed E-state index contributed by atoms with van der Waals surface area (Å²) < 4.78 is 15.1. The van der Waals surface area contributed by atoms with E-state index >= 15 is 0 Å². The third kappa shape index (κ3) is 4.55. The second-order valence-corrected chi connectivity index (χ2v) is 7.81. The average molecular weight is 439 g/mol. The lowest BCUT2D eigenvalue weighted by molar-refractivity contribution is -0.135. The molecule has 162 valence electrons. The Bertz CT molecular complexity index is 1110. The molecule has 1 amide bonds. The SMILES string of the molecule is COc1ccccc1-c1nn(CCC(=O)N2CCOCC2)c(=S)n1-c1ccc(C)cc1. The largest absolute Gasteiger partial charge is 0.496 e. The van der Waals surface area contributed by atoms with Gasteiger partial charge < -0.3 is 14.4 Å². The number of benzene rings is 2. The molecule has 8 heteroatoms. The molecule has 0 saturated carbocycles. The Hall–Kier alpha value is -2.97. The van der Waals surface area contributed by atoms with Crippen LogP contribution in [0.1, 0.15) is 12.0 Å². The van der Waals surface area contributed by atoms with Gasteiger partial charge in [0.15, 0.2) is 5.82 Å². The highest BCUT2D eigenvalue weighted by Gasteiger charge is 2.20. The number of amides is 1. The highest BCUT2D eigenvalue weighted by atomic mass is 32.1. The van der Waals surface area contributed by atoms with Gasteiger partial charge in [0.25, 0.3) is 0 Å². The summed E-state index contributed by atoms with van der Waals surface area (Å²) in [7, 11) is 1.64. The Labute approximate surface area is 186 Å². The van der Waals surface area contributed by atoms with Gasteiger partial charge in [-0.15, -0.1) is 0 Å². The molecular weight excluding hydrogens is 412 g/mol. The number of aromatic nitrogens is 3. The first-order chi connectivity index (χ1) is 15.1. The summed E-state index contributed by atoms with van der Waals surface area (Å²) in [6, 6.07) is 15.9. The van der Waals surface area contributed by atoms with E-state index in [1.807, 2.05) is 64.9 Å². The van der Waals surface area contributed by atoms with Crippen molar-refractivity contribution in [1.82, 2.24) is 19.2 Å². The smallest absolute Gasteiger partial charge is 0.224 e. The molecule has 0 unspecified atom stereocenters. The molecule has 31 heavy (non-hydrogen) atoms. The molecule has 2 aromatic carbocycles. The number of ether oxygens (including phenoxy) is 2. The number of hydrogen-bond donors (Lipinski definition) is 0. The first kappa shape index (κ1) is 21.3. The van der Waals surface area contributed by atoms with Crippen molar-refractivity contribution in [2.45, 2.75) is 19.9 Å². The van der Waals surface area contributed by atoms with E-state index in [1.165, 1.54) is 0 Å². The van der Waals surface area contributed by atoms with Gasteiger partial charge in [-0.1, -0.05) is 29.8 Å². The van der Waals surface area contributed by atoms with Gasteiger partial charge in [-0.25, -0.2) is 4.68 Å². The van der Waals surface area contributed by atoms with Crippen LogP contribution in [-0.2, 0) is 16.1 Å². The summed E-state index contributed by atoms with van der Waals surface area (Å²) in [4.78, 5) is 14.5. The van der Waals surface area contributed by atoms with E-state index in [-0.39, 0.29) is 5.91 Å². The van der Waals surface area contributed by atoms with Crippen molar-refractivity contribution in [3.05, 3.63) is 58.9 Å². The molecule has 1 aliphatic heterocycles. The Morgan fingerprint density at radius 2 is 1.84 bits per heavy atom. The summed E-state index contributed by atoms with van der Waals surface area (Å²) in [6.07, 6.45) is 0.338. The zero-order chi connectivity index (χ0) is 21.8. The molecule has 1 aromatic heterocycles. The van der Waals surface area contributed by atoms with Gasteiger partial charge in [0.2, 0.25) is 10.7 Å². The highest BCUT2D eigenvalue weighted by molar-refractivity contribution is 7.71. The number of para-hydroxylation sites is 1. The minimum Gasteiger partial charge on any atom is -0.496 e. The first-order valence-corrected chi connectivity index (χ1v) is 10.7. The number of morpholine rings is 1. The van der Waals surface area contributed by atoms with Crippen LogP contribution in [0.25, 0.3) is 17.1 Å². The molecule has 0 atom stereocenters. The highest BCUT2D eigenvalue weighted by Crippen LogP contribution is 2.30. The molecule has 0 N–H and O–H groups in total. The summed E-state index contributed by atoms with van der Waals surface area (Å²) in [5.74, 6) is 1.49. The van der Waals surface area contributed by atoms with Crippen molar-refractivity contribution >= 4 is 18.1 Å². The Kier molecular flexibility index (Phi) is 6.48. The number of rotatable bonds is 6. The van der Waals surface area contributed by atoms with Crippen molar-refractivity contribution in [2.75, 3.05) is 33.4 Å². The lowest BCUT2D eigenvalue weighted by atomic mass is 10.1. The quantitative estimate of drug-likeness (QED) is 0.550. The third-order valence-corrected chi connectivity index (χ3v) is 5.77. The maximum Gasteiger partial charge on any atom is 0.224 e.